The fourth-order valence-electron chi connectivity index (χ4n) is 1.40. The van der Waals surface area contributed by atoms with Gasteiger partial charge < -0.3 is 10.1 Å². The topological polar surface area (TPSA) is 38.3 Å². The first kappa shape index (κ1) is 14.4. The second-order valence-corrected chi connectivity index (χ2v) is 4.86. The third-order valence-corrected chi connectivity index (χ3v) is 2.09. The van der Waals surface area contributed by atoms with Crippen molar-refractivity contribution < 1.29 is 9.53 Å². The molecule has 0 aliphatic heterocycles. The van der Waals surface area contributed by atoms with Crippen LogP contribution < -0.4 is 5.32 Å². The maximum absolute atomic E-state index is 11.4. The van der Waals surface area contributed by atoms with Crippen LogP contribution in [0.5, 0.6) is 0 Å². The first-order valence-corrected chi connectivity index (χ1v) is 5.84. The fourth-order valence-corrected chi connectivity index (χ4v) is 1.40. The molecule has 3 heteroatoms. The van der Waals surface area contributed by atoms with Crippen LogP contribution in [0.4, 0.5) is 0 Å². The smallest absolute Gasteiger partial charge is 0.320 e. The molecule has 0 bridgehead atoms. The largest absolute Gasteiger partial charge is 0.459 e. The maximum Gasteiger partial charge on any atom is 0.320 e. The van der Waals surface area contributed by atoms with Crippen molar-refractivity contribution in [2.75, 3.05) is 6.54 Å². The van der Waals surface area contributed by atoms with E-state index in [4.69, 9.17) is 4.74 Å². The zero-order valence-corrected chi connectivity index (χ0v) is 10.7. The molecule has 3 nitrogen and oxygen atoms in total. The predicted octanol–water partition coefficient (Wildman–Crippen LogP) is 2.50. The van der Waals surface area contributed by atoms with Gasteiger partial charge in [-0.1, -0.05) is 20.3 Å². The summed E-state index contributed by atoms with van der Waals surface area (Å²) < 4.78 is 5.21. The molecule has 0 aliphatic carbocycles. The van der Waals surface area contributed by atoms with E-state index in [9.17, 15) is 4.79 Å². The molecule has 90 valence electrons. The van der Waals surface area contributed by atoms with Gasteiger partial charge in [-0.05, 0) is 33.6 Å². The Balaban J connectivity index is 3.78. The average Bonchev–Trinajstić information content (AvgIpc) is 2.09. The minimum atomic E-state index is -0.384. The van der Waals surface area contributed by atoms with Crippen molar-refractivity contribution in [3.8, 4) is 0 Å². The van der Waals surface area contributed by atoms with Gasteiger partial charge in [-0.25, -0.2) is 0 Å². The molecule has 0 aliphatic rings. The minimum Gasteiger partial charge on any atom is -0.459 e. The molecule has 0 amide bonds. The maximum atomic E-state index is 11.4. The number of nitrogens with one attached hydrogen (secondary N) is 1. The zero-order chi connectivity index (χ0) is 11.9. The summed E-state index contributed by atoms with van der Waals surface area (Å²) in [7, 11) is 0. The van der Waals surface area contributed by atoms with E-state index in [2.05, 4.69) is 19.2 Å². The summed E-state index contributed by atoms with van der Waals surface area (Å²) in [6, 6.07) is 0.433. The van der Waals surface area contributed by atoms with Gasteiger partial charge in [-0.2, -0.15) is 0 Å². The van der Waals surface area contributed by atoms with E-state index in [0.717, 1.165) is 19.3 Å². The average molecular weight is 215 g/mol. The Morgan fingerprint density at radius 1 is 1.33 bits per heavy atom. The molecule has 0 radical (unpaired) electrons. The predicted molar refractivity (Wildman–Crippen MR) is 62.8 cm³/mol. The molecule has 0 saturated heterocycles. The van der Waals surface area contributed by atoms with Gasteiger partial charge in [-0.3, -0.25) is 4.79 Å². The number of carbonyl (C=O) groups is 1. The Bertz CT molecular complexity index is 185. The molecule has 15 heavy (non-hydrogen) atoms. The van der Waals surface area contributed by atoms with Crippen LogP contribution in [0, 0.1) is 0 Å². The Labute approximate surface area is 93.6 Å². The number of ether oxygens (including phenoxy) is 1. The van der Waals surface area contributed by atoms with E-state index in [-0.39, 0.29) is 11.6 Å². The highest BCUT2D eigenvalue weighted by Gasteiger charge is 2.16. The van der Waals surface area contributed by atoms with E-state index >= 15 is 0 Å². The third-order valence-electron chi connectivity index (χ3n) is 2.09. The van der Waals surface area contributed by atoms with Crippen LogP contribution in [0.25, 0.3) is 0 Å². The molecule has 1 N–H and O–H groups in total. The number of esters is 1. The quantitative estimate of drug-likeness (QED) is 0.692. The van der Waals surface area contributed by atoms with Gasteiger partial charge in [-0.15, -0.1) is 0 Å². The van der Waals surface area contributed by atoms with Crippen LogP contribution in [0.1, 0.15) is 53.9 Å². The molecule has 1 atom stereocenters. The van der Waals surface area contributed by atoms with E-state index in [1.165, 1.54) is 0 Å². The Morgan fingerprint density at radius 3 is 2.33 bits per heavy atom. The molecule has 0 aromatic carbocycles. The molecule has 0 heterocycles. The van der Waals surface area contributed by atoms with Gasteiger partial charge in [0, 0.05) is 6.04 Å². The fraction of sp³-hybridized carbons (Fsp3) is 0.917. The monoisotopic (exact) mass is 215 g/mol. The van der Waals surface area contributed by atoms with Crippen molar-refractivity contribution in [1.82, 2.24) is 5.32 Å². The zero-order valence-electron chi connectivity index (χ0n) is 10.7. The first-order valence-electron chi connectivity index (χ1n) is 5.84. The Kier molecular flexibility index (Phi) is 6.57. The number of hydrogen-bond acceptors (Lipinski definition) is 3. The Hall–Kier alpha value is -0.570. The minimum absolute atomic E-state index is 0.169. The van der Waals surface area contributed by atoms with E-state index < -0.39 is 0 Å². The second kappa shape index (κ2) is 6.83. The first-order chi connectivity index (χ1) is 6.89. The summed E-state index contributed by atoms with van der Waals surface area (Å²) in [6.45, 7) is 10.2. The van der Waals surface area contributed by atoms with Crippen molar-refractivity contribution in [3.63, 3.8) is 0 Å². The second-order valence-electron chi connectivity index (χ2n) is 4.86. The molecular weight excluding hydrogens is 190 g/mol. The summed E-state index contributed by atoms with van der Waals surface area (Å²) in [5, 5.41) is 3.22. The molecule has 0 saturated carbocycles. The highest BCUT2D eigenvalue weighted by Crippen LogP contribution is 2.07. The summed E-state index contributed by atoms with van der Waals surface area (Å²) in [5.41, 5.74) is -0.384. The molecule has 0 rings (SSSR count). The summed E-state index contributed by atoms with van der Waals surface area (Å²) in [5.74, 6) is -0.169. The molecular formula is C12H25NO2. The van der Waals surface area contributed by atoms with Gasteiger partial charge in [0.05, 0.1) is 6.54 Å². The Morgan fingerprint density at radius 2 is 1.93 bits per heavy atom. The molecule has 1 unspecified atom stereocenters. The number of rotatable bonds is 6. The van der Waals surface area contributed by atoms with Gasteiger partial charge in [0.15, 0.2) is 0 Å². The van der Waals surface area contributed by atoms with Gasteiger partial charge in [0.2, 0.25) is 0 Å². The van der Waals surface area contributed by atoms with Crippen LogP contribution in [-0.4, -0.2) is 24.2 Å². The van der Waals surface area contributed by atoms with Crippen LogP contribution in [0.3, 0.4) is 0 Å². The molecule has 0 aromatic heterocycles. The van der Waals surface area contributed by atoms with Gasteiger partial charge in [0.25, 0.3) is 0 Å². The summed E-state index contributed by atoms with van der Waals surface area (Å²) in [6.07, 6.45) is 3.30. The van der Waals surface area contributed by atoms with E-state index in [1.807, 2.05) is 20.8 Å². The lowest BCUT2D eigenvalue weighted by Crippen LogP contribution is -2.36. The van der Waals surface area contributed by atoms with Crippen LogP contribution in [-0.2, 0) is 9.53 Å². The molecule has 0 fully saturated rings. The van der Waals surface area contributed by atoms with Crippen LogP contribution in [0.2, 0.25) is 0 Å². The van der Waals surface area contributed by atoms with Crippen molar-refractivity contribution in [3.05, 3.63) is 0 Å². The molecule has 0 spiro atoms. The van der Waals surface area contributed by atoms with Gasteiger partial charge >= 0.3 is 5.97 Å². The van der Waals surface area contributed by atoms with Crippen molar-refractivity contribution in [1.29, 1.82) is 0 Å². The number of hydrogen-bond donors (Lipinski definition) is 1. The lowest BCUT2D eigenvalue weighted by atomic mass is 10.1. The summed E-state index contributed by atoms with van der Waals surface area (Å²) >= 11 is 0. The SMILES string of the molecule is CCCC(CC)NCC(=O)OC(C)(C)C. The van der Waals surface area contributed by atoms with Crippen LogP contribution in [0.15, 0.2) is 0 Å². The standard InChI is InChI=1S/C12H25NO2/c1-6-8-10(7-2)13-9-11(14)15-12(3,4)5/h10,13H,6-9H2,1-5H3. The molecule has 0 aromatic rings. The highest BCUT2D eigenvalue weighted by molar-refractivity contribution is 5.72. The van der Waals surface area contributed by atoms with Crippen molar-refractivity contribution in [2.24, 2.45) is 0 Å². The van der Waals surface area contributed by atoms with E-state index in [0.29, 0.717) is 12.6 Å². The summed E-state index contributed by atoms with van der Waals surface area (Å²) in [4.78, 5) is 11.4. The van der Waals surface area contributed by atoms with Gasteiger partial charge in [0.1, 0.15) is 5.60 Å². The highest BCUT2D eigenvalue weighted by atomic mass is 16.6. The lowest BCUT2D eigenvalue weighted by Gasteiger charge is -2.21. The van der Waals surface area contributed by atoms with Crippen molar-refractivity contribution >= 4 is 5.97 Å². The third kappa shape index (κ3) is 8.43. The van der Waals surface area contributed by atoms with E-state index in [1.54, 1.807) is 0 Å². The van der Waals surface area contributed by atoms with Crippen LogP contribution >= 0.6 is 0 Å². The lowest BCUT2D eigenvalue weighted by molar-refractivity contribution is -0.153. The van der Waals surface area contributed by atoms with Crippen molar-refractivity contribution in [2.45, 2.75) is 65.5 Å². The number of carbonyl (C=O) groups excluding carboxylic acids is 1. The normalized spacial score (nSPS) is 13.7.